The molecule has 24 heavy (non-hydrogen) atoms. The number of H-pyrrole nitrogens is 1. The maximum atomic E-state index is 12.6. The van der Waals surface area contributed by atoms with Crippen molar-refractivity contribution in [3.05, 3.63) is 30.0 Å². The summed E-state index contributed by atoms with van der Waals surface area (Å²) in [6.45, 7) is 6.38. The SMILES string of the molecule is C[C@@H]1CN=C(N2CCN(C(=O)Cc3[nH]nc4ccccc34)CC2)S1. The molecule has 1 saturated heterocycles. The highest BCUT2D eigenvalue weighted by Crippen LogP contribution is 2.24. The van der Waals surface area contributed by atoms with Gasteiger partial charge in [-0.15, -0.1) is 0 Å². The highest BCUT2D eigenvalue weighted by molar-refractivity contribution is 8.14. The predicted octanol–water partition coefficient (Wildman–Crippen LogP) is 1.74. The molecule has 1 amide bonds. The summed E-state index contributed by atoms with van der Waals surface area (Å²) in [6.07, 6.45) is 0.382. The van der Waals surface area contributed by atoms with Gasteiger partial charge >= 0.3 is 0 Å². The Balaban J connectivity index is 1.36. The molecule has 2 aromatic rings. The molecule has 0 aliphatic carbocycles. The molecular formula is C17H21N5OS. The number of hydrogen-bond acceptors (Lipinski definition) is 5. The number of nitrogens with one attached hydrogen (secondary N) is 1. The highest BCUT2D eigenvalue weighted by atomic mass is 32.2. The van der Waals surface area contributed by atoms with Crippen molar-refractivity contribution in [2.24, 2.45) is 4.99 Å². The molecule has 1 N–H and O–H groups in total. The summed E-state index contributed by atoms with van der Waals surface area (Å²) in [6, 6.07) is 7.90. The van der Waals surface area contributed by atoms with Crippen molar-refractivity contribution in [2.75, 3.05) is 32.7 Å². The molecule has 0 bridgehead atoms. The van der Waals surface area contributed by atoms with Gasteiger partial charge in [0, 0.05) is 36.8 Å². The van der Waals surface area contributed by atoms with Crippen LogP contribution in [0.4, 0.5) is 0 Å². The number of aromatic amines is 1. The van der Waals surface area contributed by atoms with E-state index in [-0.39, 0.29) is 5.91 Å². The monoisotopic (exact) mass is 343 g/mol. The van der Waals surface area contributed by atoms with Crippen LogP contribution in [-0.4, -0.2) is 69.0 Å². The summed E-state index contributed by atoms with van der Waals surface area (Å²) in [7, 11) is 0. The van der Waals surface area contributed by atoms with Crippen LogP contribution in [-0.2, 0) is 11.2 Å². The van der Waals surface area contributed by atoms with Crippen molar-refractivity contribution in [3.8, 4) is 0 Å². The second-order valence-corrected chi connectivity index (χ2v) is 7.72. The molecule has 126 valence electrons. The van der Waals surface area contributed by atoms with E-state index in [1.807, 2.05) is 40.9 Å². The average molecular weight is 343 g/mol. The molecule has 1 fully saturated rings. The first kappa shape index (κ1) is 15.5. The van der Waals surface area contributed by atoms with Crippen LogP contribution in [0.15, 0.2) is 29.3 Å². The first-order valence-corrected chi connectivity index (χ1v) is 9.24. The fourth-order valence-corrected chi connectivity index (χ4v) is 4.18. The first-order valence-electron chi connectivity index (χ1n) is 8.36. The quantitative estimate of drug-likeness (QED) is 0.902. The van der Waals surface area contributed by atoms with Crippen LogP contribution in [0.1, 0.15) is 12.6 Å². The molecule has 1 aromatic heterocycles. The number of hydrogen-bond donors (Lipinski definition) is 1. The third-order valence-corrected chi connectivity index (χ3v) is 5.71. The van der Waals surface area contributed by atoms with Gasteiger partial charge in [0.2, 0.25) is 5.91 Å². The molecule has 6 nitrogen and oxygen atoms in total. The number of thioether (sulfide) groups is 1. The van der Waals surface area contributed by atoms with Crippen molar-refractivity contribution in [1.29, 1.82) is 0 Å². The van der Waals surface area contributed by atoms with E-state index < -0.39 is 0 Å². The van der Waals surface area contributed by atoms with E-state index in [1.54, 1.807) is 0 Å². The smallest absolute Gasteiger partial charge is 0.228 e. The normalized spacial score (nSPS) is 21.4. The minimum Gasteiger partial charge on any atom is -0.348 e. The Morgan fingerprint density at radius 3 is 2.83 bits per heavy atom. The standard InChI is InChI=1S/C17H21N5OS/c1-12-11-18-17(24-12)22-8-6-21(7-9-22)16(23)10-15-13-4-2-3-5-14(13)19-20-15/h2-5,12H,6-11H2,1H3,(H,19,20)/t12-/m1/s1. The van der Waals surface area contributed by atoms with Crippen molar-refractivity contribution in [3.63, 3.8) is 0 Å². The van der Waals surface area contributed by atoms with E-state index in [4.69, 9.17) is 0 Å². The number of para-hydroxylation sites is 1. The number of nitrogens with zero attached hydrogens (tertiary/aromatic N) is 4. The number of carbonyl (C=O) groups is 1. The summed E-state index contributed by atoms with van der Waals surface area (Å²) >= 11 is 1.85. The molecule has 2 aliphatic heterocycles. The lowest BCUT2D eigenvalue weighted by molar-refractivity contribution is -0.131. The zero-order chi connectivity index (χ0) is 16.5. The van der Waals surface area contributed by atoms with Gasteiger partial charge in [0.25, 0.3) is 0 Å². The minimum atomic E-state index is 0.165. The van der Waals surface area contributed by atoms with Crippen LogP contribution >= 0.6 is 11.8 Å². The first-order chi connectivity index (χ1) is 11.7. The number of benzene rings is 1. The number of rotatable bonds is 2. The Kier molecular flexibility index (Phi) is 4.18. The van der Waals surface area contributed by atoms with Crippen LogP contribution < -0.4 is 0 Å². The summed E-state index contributed by atoms with van der Waals surface area (Å²) in [4.78, 5) is 21.5. The molecule has 2 aliphatic rings. The number of aromatic nitrogens is 2. The van der Waals surface area contributed by atoms with Crippen LogP contribution in [0.2, 0.25) is 0 Å². The van der Waals surface area contributed by atoms with Crippen molar-refractivity contribution in [2.45, 2.75) is 18.6 Å². The average Bonchev–Trinajstić information content (AvgIpc) is 3.22. The van der Waals surface area contributed by atoms with Gasteiger partial charge in [-0.05, 0) is 6.07 Å². The zero-order valence-electron chi connectivity index (χ0n) is 13.7. The minimum absolute atomic E-state index is 0.165. The van der Waals surface area contributed by atoms with Crippen LogP contribution in [0.25, 0.3) is 10.9 Å². The Morgan fingerprint density at radius 2 is 2.08 bits per heavy atom. The molecular weight excluding hydrogens is 322 g/mol. The third kappa shape index (κ3) is 3.00. The maximum absolute atomic E-state index is 12.6. The topological polar surface area (TPSA) is 64.6 Å². The van der Waals surface area contributed by atoms with Crippen molar-refractivity contribution in [1.82, 2.24) is 20.0 Å². The zero-order valence-corrected chi connectivity index (χ0v) is 14.6. The second-order valence-electron chi connectivity index (χ2n) is 6.32. The van der Waals surface area contributed by atoms with Gasteiger partial charge < -0.3 is 9.80 Å². The van der Waals surface area contributed by atoms with Gasteiger partial charge in [0.15, 0.2) is 5.17 Å². The molecule has 0 unspecified atom stereocenters. The summed E-state index contributed by atoms with van der Waals surface area (Å²) in [5.74, 6) is 0.165. The van der Waals surface area contributed by atoms with Crippen LogP contribution in [0.5, 0.6) is 0 Å². The molecule has 0 saturated carbocycles. The molecule has 1 aromatic carbocycles. The number of amidine groups is 1. The Bertz CT molecular complexity index is 778. The van der Waals surface area contributed by atoms with E-state index in [0.717, 1.165) is 54.5 Å². The van der Waals surface area contributed by atoms with E-state index in [0.29, 0.717) is 11.7 Å². The highest BCUT2D eigenvalue weighted by Gasteiger charge is 2.26. The van der Waals surface area contributed by atoms with Gasteiger partial charge in [0.05, 0.1) is 24.2 Å². The number of aliphatic imine (C=N–C) groups is 1. The second kappa shape index (κ2) is 6.47. The van der Waals surface area contributed by atoms with Gasteiger partial charge in [-0.1, -0.05) is 36.9 Å². The summed E-state index contributed by atoms with van der Waals surface area (Å²) < 4.78 is 0. The van der Waals surface area contributed by atoms with E-state index in [1.165, 1.54) is 0 Å². The fourth-order valence-electron chi connectivity index (χ4n) is 3.19. The lowest BCUT2D eigenvalue weighted by Gasteiger charge is -2.35. The maximum Gasteiger partial charge on any atom is 0.228 e. The molecule has 3 heterocycles. The molecule has 4 rings (SSSR count). The predicted molar refractivity (Wildman–Crippen MR) is 97.3 cm³/mol. The molecule has 7 heteroatoms. The number of amides is 1. The number of fused-ring (bicyclic) bond motifs is 1. The Labute approximate surface area is 145 Å². The lowest BCUT2D eigenvalue weighted by atomic mass is 10.1. The summed E-state index contributed by atoms with van der Waals surface area (Å²) in [5.41, 5.74) is 1.82. The van der Waals surface area contributed by atoms with Gasteiger partial charge in [-0.2, -0.15) is 5.10 Å². The van der Waals surface area contributed by atoms with Crippen LogP contribution in [0.3, 0.4) is 0 Å². The Morgan fingerprint density at radius 1 is 1.29 bits per heavy atom. The van der Waals surface area contributed by atoms with Crippen molar-refractivity contribution >= 4 is 33.7 Å². The van der Waals surface area contributed by atoms with Crippen molar-refractivity contribution < 1.29 is 4.79 Å². The number of carbonyl (C=O) groups excluding carboxylic acids is 1. The molecule has 0 radical (unpaired) electrons. The van der Waals surface area contributed by atoms with Gasteiger partial charge in [-0.25, -0.2) is 0 Å². The lowest BCUT2D eigenvalue weighted by Crippen LogP contribution is -2.50. The fraction of sp³-hybridized carbons (Fsp3) is 0.471. The van der Waals surface area contributed by atoms with Gasteiger partial charge in [0.1, 0.15) is 0 Å². The van der Waals surface area contributed by atoms with E-state index >= 15 is 0 Å². The van der Waals surface area contributed by atoms with Gasteiger partial charge in [-0.3, -0.25) is 14.9 Å². The largest absolute Gasteiger partial charge is 0.348 e. The third-order valence-electron chi connectivity index (χ3n) is 4.56. The summed E-state index contributed by atoms with van der Waals surface area (Å²) in [5, 5.41) is 10.0. The van der Waals surface area contributed by atoms with E-state index in [2.05, 4.69) is 27.0 Å². The number of piperazine rings is 1. The molecule has 1 atom stereocenters. The van der Waals surface area contributed by atoms with Crippen LogP contribution in [0, 0.1) is 0 Å². The van der Waals surface area contributed by atoms with E-state index in [9.17, 15) is 4.79 Å². The molecule has 0 spiro atoms. The Hall–Kier alpha value is -2.02.